The molecule has 9 nitrogen and oxygen atoms in total. The van der Waals surface area contributed by atoms with E-state index < -0.39 is 0 Å². The van der Waals surface area contributed by atoms with E-state index in [2.05, 4.69) is 27.5 Å². The largest absolute Gasteiger partial charge is 0.412 e. The van der Waals surface area contributed by atoms with Gasteiger partial charge in [-0.2, -0.15) is 0 Å². The summed E-state index contributed by atoms with van der Waals surface area (Å²) in [5.41, 5.74) is 1.65. The number of hydrogen-bond acceptors (Lipinski definition) is 8. The van der Waals surface area contributed by atoms with Gasteiger partial charge in [-0.25, -0.2) is 0 Å². The molecule has 0 rings (SSSR count). The summed E-state index contributed by atoms with van der Waals surface area (Å²) in [5.74, 6) is 0. The van der Waals surface area contributed by atoms with E-state index in [0.717, 1.165) is 0 Å². The smallest absolute Gasteiger partial charge is 0.101 e. The third-order valence-corrected chi connectivity index (χ3v) is 1.93. The molecule has 127 valence electrons. The van der Waals surface area contributed by atoms with Crippen molar-refractivity contribution in [2.24, 2.45) is 20.6 Å². The molecular weight excluding hydrogens is 327 g/mol. The monoisotopic (exact) mass is 350 g/mol. The predicted octanol–water partition coefficient (Wildman–Crippen LogP) is 1.31. The van der Waals surface area contributed by atoms with E-state index in [0.29, 0.717) is 35.9 Å². The number of nitrogens with zero attached hydrogens (tertiary/aromatic N) is 4. The van der Waals surface area contributed by atoms with Crippen LogP contribution in [0.25, 0.3) is 0 Å². The first-order valence-electron chi connectivity index (χ1n) is 5.47. The van der Waals surface area contributed by atoms with Gasteiger partial charge in [-0.15, -0.1) is 6.42 Å². The molecule has 0 aliphatic carbocycles. The summed E-state index contributed by atoms with van der Waals surface area (Å²) in [6.45, 7) is 10.5. The summed E-state index contributed by atoms with van der Waals surface area (Å²) in [5, 5.41) is 36.6. The molecule has 5 N–H and O–H groups in total. The van der Waals surface area contributed by atoms with Crippen LogP contribution in [0.1, 0.15) is 34.1 Å². The molecule has 0 aromatic carbocycles. The van der Waals surface area contributed by atoms with Gasteiger partial charge < -0.3 is 32.9 Å². The van der Waals surface area contributed by atoms with Gasteiger partial charge in [0.25, 0.3) is 0 Å². The number of rotatable bonds is 5. The van der Waals surface area contributed by atoms with Gasteiger partial charge >= 0.3 is 0 Å². The summed E-state index contributed by atoms with van der Waals surface area (Å²) < 4.78 is 0. The van der Waals surface area contributed by atoms with Crippen LogP contribution in [0.3, 0.4) is 0 Å². The molecule has 1 radical (unpaired) electrons. The zero-order valence-electron chi connectivity index (χ0n) is 12.5. The van der Waals surface area contributed by atoms with E-state index in [-0.39, 0.29) is 22.3 Å². The fourth-order valence-corrected chi connectivity index (χ4v) is 0.490. The van der Waals surface area contributed by atoms with Crippen LogP contribution >= 0.6 is 0 Å². The summed E-state index contributed by atoms with van der Waals surface area (Å²) in [4.78, 5) is 4.80. The van der Waals surface area contributed by atoms with Crippen molar-refractivity contribution < 1.29 is 42.7 Å². The van der Waals surface area contributed by atoms with Crippen molar-refractivity contribution in [3.8, 4) is 0 Å². The molecule has 0 heterocycles. The first kappa shape index (κ1) is 27.6. The van der Waals surface area contributed by atoms with Gasteiger partial charge in [0.2, 0.25) is 0 Å². The first-order chi connectivity index (χ1) is 8.94. The quantitative estimate of drug-likeness (QED) is 0.225. The van der Waals surface area contributed by atoms with Crippen molar-refractivity contribution in [3.05, 3.63) is 6.92 Å². The maximum atomic E-state index is 8.30. The Bertz CT molecular complexity index is 354. The zero-order chi connectivity index (χ0) is 15.3. The molecule has 0 amide bonds. The normalized spacial score (nSPS) is 12.4. The van der Waals surface area contributed by atoms with Gasteiger partial charge in [0, 0.05) is 16.8 Å². The minimum absolute atomic E-state index is 0. The van der Waals surface area contributed by atoms with Crippen LogP contribution < -0.4 is 0 Å². The van der Waals surface area contributed by atoms with Gasteiger partial charge in [-0.3, -0.25) is 0 Å². The summed E-state index contributed by atoms with van der Waals surface area (Å²) in [6, 6.07) is 0. The molecule has 0 unspecified atom stereocenters. The minimum atomic E-state index is 0. The summed E-state index contributed by atoms with van der Waals surface area (Å²) in [7, 11) is 0. The predicted molar refractivity (Wildman–Crippen MR) is 77.3 cm³/mol. The molecule has 0 saturated heterocycles. The van der Waals surface area contributed by atoms with E-state index >= 15 is 0 Å². The average Bonchev–Trinajstić information content (AvgIpc) is 2.45. The molecule has 0 saturated carbocycles. The van der Waals surface area contributed by atoms with Gasteiger partial charge in [-0.1, -0.05) is 20.6 Å². The van der Waals surface area contributed by atoms with Crippen LogP contribution in [0, 0.1) is 6.92 Å². The number of oxime groups is 4. The van der Waals surface area contributed by atoms with Crippen molar-refractivity contribution in [1.82, 2.24) is 0 Å². The Morgan fingerprint density at radius 2 is 1.19 bits per heavy atom. The molecule has 0 aromatic heterocycles. The molecule has 0 atom stereocenters. The molecule has 0 spiro atoms. The van der Waals surface area contributed by atoms with Crippen molar-refractivity contribution in [3.63, 3.8) is 0 Å². The fourth-order valence-electron chi connectivity index (χ4n) is 0.490. The van der Waals surface area contributed by atoms with Crippen LogP contribution in [-0.4, -0.2) is 50.6 Å². The van der Waals surface area contributed by atoms with Crippen LogP contribution in [0.5, 0.6) is 0 Å². The zero-order valence-corrected chi connectivity index (χ0v) is 13.5. The third-order valence-electron chi connectivity index (χ3n) is 1.93. The minimum Gasteiger partial charge on any atom is -0.412 e. The molecule has 0 aliphatic heterocycles. The first-order valence-corrected chi connectivity index (χ1v) is 5.47. The van der Waals surface area contributed by atoms with E-state index in [4.69, 9.17) is 20.5 Å². The van der Waals surface area contributed by atoms with Crippen LogP contribution in [-0.2, 0) is 21.6 Å². The topological polar surface area (TPSA) is 151 Å². The summed E-state index contributed by atoms with van der Waals surface area (Å²) in [6.07, 6.45) is 0.673. The van der Waals surface area contributed by atoms with Crippen molar-refractivity contribution in [1.29, 1.82) is 0 Å². The van der Waals surface area contributed by atoms with Gasteiger partial charge in [0.1, 0.15) is 22.8 Å². The van der Waals surface area contributed by atoms with E-state index in [9.17, 15) is 0 Å². The second-order valence-corrected chi connectivity index (χ2v) is 3.42. The maximum absolute atomic E-state index is 8.30. The van der Waals surface area contributed by atoms with Gasteiger partial charge in [-0.05, 0) is 27.7 Å². The SMILES string of the molecule is CC(=N\O)/C(C)=N/O.O.[CH2-]CCO/N=C(C)/C(C)=N/O.[Co]. The molecule has 21 heavy (non-hydrogen) atoms. The van der Waals surface area contributed by atoms with E-state index in [1.807, 2.05) is 0 Å². The Kier molecular flexibility index (Phi) is 24.2. The maximum Gasteiger partial charge on any atom is 0.101 e. The second kappa shape index (κ2) is 18.3. The molecule has 0 aliphatic rings. The molecular formula is C11H23CoN4O5-. The Labute approximate surface area is 134 Å². The second-order valence-electron chi connectivity index (χ2n) is 3.42. The fraction of sp³-hybridized carbons (Fsp3) is 0.545. The van der Waals surface area contributed by atoms with Crippen molar-refractivity contribution in [2.45, 2.75) is 34.1 Å². The van der Waals surface area contributed by atoms with Crippen molar-refractivity contribution in [2.75, 3.05) is 6.61 Å². The molecule has 0 bridgehead atoms. The molecule has 0 aromatic rings. The van der Waals surface area contributed by atoms with Crippen LogP contribution in [0.2, 0.25) is 0 Å². The number of hydrogen-bond donors (Lipinski definition) is 3. The van der Waals surface area contributed by atoms with Gasteiger partial charge in [0.05, 0.1) is 6.61 Å². The average molecular weight is 350 g/mol. The van der Waals surface area contributed by atoms with E-state index in [1.165, 1.54) is 13.8 Å². The Balaban J connectivity index is -0.000000131. The summed E-state index contributed by atoms with van der Waals surface area (Å²) >= 11 is 0. The van der Waals surface area contributed by atoms with E-state index in [1.54, 1.807) is 13.8 Å². The molecule has 10 heteroatoms. The van der Waals surface area contributed by atoms with Crippen molar-refractivity contribution >= 4 is 22.8 Å². The third kappa shape index (κ3) is 16.3. The molecule has 0 fully saturated rings. The standard InChI is InChI=1S/C7H13N2O2.C4H8N2O2.Co.H2O/c1-4-5-11-9-7(3)6(2)8-10;1-3(5-7)4(2)6-8;;/h10H,1,4-5H2,2-3H3;7-8H,1-2H3;;1H2/q-1;;;/b8-6+,9-7+;5-3+,6-4+;;. The Morgan fingerprint density at radius 3 is 1.48 bits per heavy atom. The van der Waals surface area contributed by atoms with Gasteiger partial charge in [0.15, 0.2) is 0 Å². The Morgan fingerprint density at radius 1 is 0.857 bits per heavy atom. The van der Waals surface area contributed by atoms with Crippen LogP contribution in [0.4, 0.5) is 0 Å². The Hall–Kier alpha value is -1.65. The van der Waals surface area contributed by atoms with Crippen LogP contribution in [0.15, 0.2) is 20.6 Å².